The number of aryl methyl sites for hydroxylation is 4. The highest BCUT2D eigenvalue weighted by atomic mass is 32.1. The average Bonchev–Trinajstić information content (AvgIpc) is 2.88. The van der Waals surface area contributed by atoms with Gasteiger partial charge in [0.2, 0.25) is 0 Å². The van der Waals surface area contributed by atoms with Crippen molar-refractivity contribution in [2.75, 3.05) is 6.54 Å². The molecule has 0 spiro atoms. The minimum Gasteiger partial charge on any atom is -0.351 e. The molecule has 0 atom stereocenters. The van der Waals surface area contributed by atoms with Crippen LogP contribution in [0, 0.1) is 13.8 Å². The van der Waals surface area contributed by atoms with E-state index in [9.17, 15) is 9.59 Å². The maximum Gasteiger partial charge on any atom is 0.261 e. The second-order valence-electron chi connectivity index (χ2n) is 6.03. The van der Waals surface area contributed by atoms with E-state index in [0.717, 1.165) is 23.5 Å². The van der Waals surface area contributed by atoms with E-state index in [2.05, 4.69) is 15.3 Å². The molecule has 23 heavy (non-hydrogen) atoms. The highest BCUT2D eigenvalue weighted by Crippen LogP contribution is 2.26. The molecule has 2 aromatic rings. The van der Waals surface area contributed by atoms with Crippen LogP contribution in [0.25, 0.3) is 0 Å². The summed E-state index contributed by atoms with van der Waals surface area (Å²) in [4.78, 5) is 32.9. The van der Waals surface area contributed by atoms with E-state index >= 15 is 0 Å². The van der Waals surface area contributed by atoms with Crippen molar-refractivity contribution in [1.82, 2.24) is 15.3 Å². The second-order valence-corrected chi connectivity index (χ2v) is 7.20. The van der Waals surface area contributed by atoms with Crippen LogP contribution in [0.1, 0.15) is 50.0 Å². The van der Waals surface area contributed by atoms with Crippen LogP contribution in [0.15, 0.2) is 10.9 Å². The van der Waals surface area contributed by atoms with Crippen molar-refractivity contribution in [3.63, 3.8) is 0 Å². The zero-order valence-electron chi connectivity index (χ0n) is 13.5. The van der Waals surface area contributed by atoms with Crippen molar-refractivity contribution in [3.8, 4) is 0 Å². The predicted octanol–water partition coefficient (Wildman–Crippen LogP) is 2.30. The maximum absolute atomic E-state index is 12.2. The van der Waals surface area contributed by atoms with E-state index in [-0.39, 0.29) is 17.0 Å². The summed E-state index contributed by atoms with van der Waals surface area (Å²) in [6.07, 6.45) is 5.41. The molecule has 2 N–H and O–H groups in total. The first-order valence-electron chi connectivity index (χ1n) is 8.01. The molecule has 2 heterocycles. The zero-order chi connectivity index (χ0) is 16.4. The van der Waals surface area contributed by atoms with Crippen LogP contribution in [0.3, 0.4) is 0 Å². The number of thiazole rings is 1. The van der Waals surface area contributed by atoms with Crippen LogP contribution in [0.4, 0.5) is 0 Å². The lowest BCUT2D eigenvalue weighted by atomic mass is 10.0. The standard InChI is InChI=1S/C17H21N3O2S/c1-10-9-11(2)19-17(22)15(10)16(21)18-8-7-14-20-12-5-3-4-6-13(12)23-14/h9H,3-8H2,1-2H3,(H,18,21)(H,19,22). The number of aromatic amines is 1. The molecule has 122 valence electrons. The van der Waals surface area contributed by atoms with Crippen molar-refractivity contribution < 1.29 is 4.79 Å². The van der Waals surface area contributed by atoms with Gasteiger partial charge in [-0.2, -0.15) is 0 Å². The highest BCUT2D eigenvalue weighted by molar-refractivity contribution is 7.11. The van der Waals surface area contributed by atoms with Gasteiger partial charge in [0, 0.05) is 23.5 Å². The number of hydrogen-bond donors (Lipinski definition) is 2. The summed E-state index contributed by atoms with van der Waals surface area (Å²) in [7, 11) is 0. The lowest BCUT2D eigenvalue weighted by molar-refractivity contribution is 0.0952. The number of carbonyl (C=O) groups is 1. The van der Waals surface area contributed by atoms with Crippen LogP contribution in [0.5, 0.6) is 0 Å². The molecule has 0 radical (unpaired) electrons. The topological polar surface area (TPSA) is 74.8 Å². The molecule has 1 amide bonds. The van der Waals surface area contributed by atoms with Crippen molar-refractivity contribution in [3.05, 3.63) is 48.8 Å². The average molecular weight is 331 g/mol. The van der Waals surface area contributed by atoms with Crippen molar-refractivity contribution in [2.45, 2.75) is 46.0 Å². The van der Waals surface area contributed by atoms with Gasteiger partial charge in [0.1, 0.15) is 5.56 Å². The van der Waals surface area contributed by atoms with Gasteiger partial charge >= 0.3 is 0 Å². The summed E-state index contributed by atoms with van der Waals surface area (Å²) in [5.74, 6) is -0.315. The van der Waals surface area contributed by atoms with E-state index in [1.165, 1.54) is 23.4 Å². The third-order valence-electron chi connectivity index (χ3n) is 4.11. The van der Waals surface area contributed by atoms with Gasteiger partial charge in [-0.05, 0) is 51.2 Å². The van der Waals surface area contributed by atoms with Gasteiger partial charge in [0.25, 0.3) is 11.5 Å². The van der Waals surface area contributed by atoms with Crippen LogP contribution in [0.2, 0.25) is 0 Å². The van der Waals surface area contributed by atoms with Gasteiger partial charge in [-0.25, -0.2) is 4.98 Å². The van der Waals surface area contributed by atoms with E-state index < -0.39 is 0 Å². The van der Waals surface area contributed by atoms with Gasteiger partial charge in [-0.1, -0.05) is 0 Å². The molecule has 0 aromatic carbocycles. The molecule has 5 nitrogen and oxygen atoms in total. The summed E-state index contributed by atoms with van der Waals surface area (Å²) in [6.45, 7) is 4.09. The summed E-state index contributed by atoms with van der Waals surface area (Å²) in [5.41, 5.74) is 2.58. The molecular weight excluding hydrogens is 310 g/mol. The number of pyridine rings is 1. The summed E-state index contributed by atoms with van der Waals surface area (Å²) in [5, 5.41) is 3.91. The van der Waals surface area contributed by atoms with Gasteiger partial charge in [-0.15, -0.1) is 11.3 Å². The second kappa shape index (κ2) is 6.66. The fourth-order valence-corrected chi connectivity index (χ4v) is 4.18. The van der Waals surface area contributed by atoms with E-state index in [1.807, 2.05) is 6.07 Å². The Morgan fingerprint density at radius 1 is 1.35 bits per heavy atom. The number of nitrogens with one attached hydrogen (secondary N) is 2. The Morgan fingerprint density at radius 3 is 2.87 bits per heavy atom. The molecule has 0 saturated heterocycles. The van der Waals surface area contributed by atoms with Gasteiger partial charge in [-0.3, -0.25) is 9.59 Å². The molecule has 3 rings (SSSR count). The number of nitrogens with zero attached hydrogens (tertiary/aromatic N) is 1. The molecule has 6 heteroatoms. The number of hydrogen-bond acceptors (Lipinski definition) is 4. The number of aromatic nitrogens is 2. The first-order valence-corrected chi connectivity index (χ1v) is 8.82. The SMILES string of the molecule is Cc1cc(C)c(C(=O)NCCc2nc3c(s2)CCCC3)c(=O)[nH]1. The molecule has 0 fully saturated rings. The summed E-state index contributed by atoms with van der Waals surface area (Å²) < 4.78 is 0. The van der Waals surface area contributed by atoms with Crippen LogP contribution < -0.4 is 10.9 Å². The van der Waals surface area contributed by atoms with E-state index in [4.69, 9.17) is 0 Å². The number of rotatable bonds is 4. The lowest BCUT2D eigenvalue weighted by Gasteiger charge is -2.07. The number of H-pyrrole nitrogens is 1. The highest BCUT2D eigenvalue weighted by Gasteiger charge is 2.16. The molecular formula is C17H21N3O2S. The zero-order valence-corrected chi connectivity index (χ0v) is 14.3. The molecule has 2 aromatic heterocycles. The summed E-state index contributed by atoms with van der Waals surface area (Å²) >= 11 is 1.76. The minimum atomic E-state index is -0.329. The van der Waals surface area contributed by atoms with Gasteiger partial charge in [0.15, 0.2) is 0 Å². The molecule has 1 aliphatic rings. The Morgan fingerprint density at radius 2 is 2.13 bits per heavy atom. The van der Waals surface area contributed by atoms with Crippen molar-refractivity contribution in [2.24, 2.45) is 0 Å². The number of amides is 1. The third-order valence-corrected chi connectivity index (χ3v) is 5.32. The van der Waals surface area contributed by atoms with Gasteiger partial charge < -0.3 is 10.3 Å². The van der Waals surface area contributed by atoms with Gasteiger partial charge in [0.05, 0.1) is 10.7 Å². The first kappa shape index (κ1) is 15.9. The molecule has 0 aliphatic heterocycles. The lowest BCUT2D eigenvalue weighted by Crippen LogP contribution is -2.32. The Kier molecular flexibility index (Phi) is 4.61. The Balaban J connectivity index is 1.61. The number of fused-ring (bicyclic) bond motifs is 1. The smallest absolute Gasteiger partial charge is 0.261 e. The monoisotopic (exact) mass is 331 g/mol. The molecule has 0 bridgehead atoms. The van der Waals surface area contributed by atoms with Crippen LogP contribution >= 0.6 is 11.3 Å². The predicted molar refractivity (Wildman–Crippen MR) is 91.3 cm³/mol. The Hall–Kier alpha value is -1.95. The largest absolute Gasteiger partial charge is 0.351 e. The van der Waals surface area contributed by atoms with Crippen LogP contribution in [-0.2, 0) is 19.3 Å². The number of carbonyl (C=O) groups excluding carboxylic acids is 1. The fraction of sp³-hybridized carbons (Fsp3) is 0.471. The molecule has 0 saturated carbocycles. The van der Waals surface area contributed by atoms with E-state index in [0.29, 0.717) is 18.5 Å². The normalized spacial score (nSPS) is 13.7. The summed E-state index contributed by atoms with van der Waals surface area (Å²) in [6, 6.07) is 1.81. The molecule has 0 unspecified atom stereocenters. The quantitative estimate of drug-likeness (QED) is 0.903. The van der Waals surface area contributed by atoms with Crippen molar-refractivity contribution >= 4 is 17.2 Å². The van der Waals surface area contributed by atoms with E-state index in [1.54, 1.807) is 25.2 Å². The van der Waals surface area contributed by atoms with Crippen LogP contribution in [-0.4, -0.2) is 22.4 Å². The Bertz CT molecular complexity index is 768. The Labute approximate surface area is 139 Å². The minimum absolute atomic E-state index is 0.203. The molecule has 1 aliphatic carbocycles. The maximum atomic E-state index is 12.2. The van der Waals surface area contributed by atoms with Crippen molar-refractivity contribution in [1.29, 1.82) is 0 Å². The third kappa shape index (κ3) is 3.52. The fourth-order valence-electron chi connectivity index (χ4n) is 3.02. The first-order chi connectivity index (χ1) is 11.0.